The zero-order valence-corrected chi connectivity index (χ0v) is 8.28. The number of carbonyl (C=O) groups is 1. The first-order valence-electron chi connectivity index (χ1n) is 2.99. The molecule has 0 aromatic rings. The SMILES string of the molecule is CC(=O)OC1(CS)CC1.[H-].[H-].[Li+].[Li+]. The molecule has 0 spiro atoms. The molecule has 56 valence electrons. The van der Waals surface area contributed by atoms with Gasteiger partial charge in [-0.05, 0) is 12.8 Å². The average molecular weight is 162 g/mol. The van der Waals surface area contributed by atoms with Crippen molar-refractivity contribution in [2.75, 3.05) is 5.75 Å². The van der Waals surface area contributed by atoms with Crippen molar-refractivity contribution in [1.29, 1.82) is 0 Å². The molecule has 1 aliphatic rings. The number of carbonyl (C=O) groups excluding carboxylic acids is 1. The van der Waals surface area contributed by atoms with Crippen molar-refractivity contribution in [3.8, 4) is 0 Å². The van der Waals surface area contributed by atoms with E-state index >= 15 is 0 Å². The van der Waals surface area contributed by atoms with E-state index < -0.39 is 0 Å². The summed E-state index contributed by atoms with van der Waals surface area (Å²) in [6, 6.07) is 0. The van der Waals surface area contributed by atoms with Crippen LogP contribution in [-0.4, -0.2) is 17.3 Å². The minimum atomic E-state index is -0.193. The summed E-state index contributed by atoms with van der Waals surface area (Å²) in [7, 11) is 0. The van der Waals surface area contributed by atoms with Gasteiger partial charge in [0.05, 0.1) is 0 Å². The van der Waals surface area contributed by atoms with Crippen molar-refractivity contribution in [2.45, 2.75) is 25.4 Å². The predicted octanol–water partition coefficient (Wildman–Crippen LogP) is -4.76. The van der Waals surface area contributed by atoms with E-state index in [1.54, 1.807) is 0 Å². The molecule has 0 atom stereocenters. The van der Waals surface area contributed by atoms with Crippen LogP contribution in [0.3, 0.4) is 0 Å². The Kier molecular flexibility index (Phi) is 7.43. The summed E-state index contributed by atoms with van der Waals surface area (Å²) in [6.45, 7) is 1.43. The molecule has 0 saturated heterocycles. The third-order valence-corrected chi connectivity index (χ3v) is 2.03. The summed E-state index contributed by atoms with van der Waals surface area (Å²) in [5.74, 6) is 0.466. The fourth-order valence-electron chi connectivity index (χ4n) is 0.737. The van der Waals surface area contributed by atoms with Crippen LogP contribution in [0.5, 0.6) is 0 Å². The van der Waals surface area contributed by atoms with Gasteiger partial charge in [-0.2, -0.15) is 12.6 Å². The van der Waals surface area contributed by atoms with Gasteiger partial charge in [0.25, 0.3) is 0 Å². The average Bonchev–Trinajstić information content (AvgIpc) is 2.48. The molecule has 0 aromatic heterocycles. The Morgan fingerprint density at radius 3 is 2.18 bits per heavy atom. The zero-order valence-electron chi connectivity index (χ0n) is 9.39. The fourth-order valence-corrected chi connectivity index (χ4v) is 1.12. The molecule has 1 saturated carbocycles. The van der Waals surface area contributed by atoms with Crippen molar-refractivity contribution in [2.24, 2.45) is 0 Å². The molecule has 5 heteroatoms. The number of ether oxygens (including phenoxy) is 1. The zero-order chi connectivity index (χ0) is 6.91. The van der Waals surface area contributed by atoms with Crippen LogP contribution in [0.2, 0.25) is 0 Å². The monoisotopic (exact) mass is 162 g/mol. The van der Waals surface area contributed by atoms with Crippen LogP contribution in [0, 0.1) is 0 Å². The van der Waals surface area contributed by atoms with Crippen molar-refractivity contribution >= 4 is 18.6 Å². The fraction of sp³-hybridized carbons (Fsp3) is 0.833. The van der Waals surface area contributed by atoms with Crippen LogP contribution in [0.25, 0.3) is 0 Å². The van der Waals surface area contributed by atoms with Crippen LogP contribution in [0.1, 0.15) is 22.6 Å². The molecule has 1 fully saturated rings. The number of esters is 1. The van der Waals surface area contributed by atoms with Crippen molar-refractivity contribution in [1.82, 2.24) is 0 Å². The molecule has 0 radical (unpaired) electrons. The Bertz CT molecular complexity index is 145. The molecule has 2 nitrogen and oxygen atoms in total. The van der Waals surface area contributed by atoms with E-state index in [4.69, 9.17) is 4.74 Å². The normalized spacial score (nSPS) is 17.3. The molecular formula is C6H12Li2O2S. The number of thiol groups is 1. The maximum absolute atomic E-state index is 10.4. The topological polar surface area (TPSA) is 26.3 Å². The second kappa shape index (κ2) is 5.62. The first-order valence-corrected chi connectivity index (χ1v) is 3.62. The molecule has 0 aliphatic heterocycles. The third kappa shape index (κ3) is 4.56. The van der Waals surface area contributed by atoms with Crippen LogP contribution in [0.4, 0.5) is 0 Å². The predicted molar refractivity (Wildman–Crippen MR) is 39.8 cm³/mol. The molecule has 0 amide bonds. The maximum Gasteiger partial charge on any atom is 1.00 e. The smallest absolute Gasteiger partial charge is 1.00 e. The molecule has 0 bridgehead atoms. The van der Waals surface area contributed by atoms with Gasteiger partial charge in [0, 0.05) is 12.7 Å². The van der Waals surface area contributed by atoms with Gasteiger partial charge in [0.15, 0.2) is 0 Å². The van der Waals surface area contributed by atoms with Crippen LogP contribution >= 0.6 is 12.6 Å². The molecule has 0 heterocycles. The van der Waals surface area contributed by atoms with E-state index in [0.29, 0.717) is 5.75 Å². The molecule has 0 N–H and O–H groups in total. The summed E-state index contributed by atoms with van der Waals surface area (Å²) in [5.41, 5.74) is -0.172. The number of hydrogen-bond acceptors (Lipinski definition) is 3. The Hall–Kier alpha value is 1.01. The van der Waals surface area contributed by atoms with Gasteiger partial charge in [-0.25, -0.2) is 0 Å². The minimum Gasteiger partial charge on any atom is -1.00 e. The van der Waals surface area contributed by atoms with Gasteiger partial charge in [-0.1, -0.05) is 0 Å². The minimum absolute atomic E-state index is 0. The van der Waals surface area contributed by atoms with Crippen molar-refractivity contribution in [3.05, 3.63) is 0 Å². The molecule has 11 heavy (non-hydrogen) atoms. The quantitative estimate of drug-likeness (QED) is 0.251. The molecule has 0 aromatic carbocycles. The van der Waals surface area contributed by atoms with Crippen LogP contribution < -0.4 is 37.7 Å². The largest absolute Gasteiger partial charge is 1.00 e. The Labute approximate surface area is 99.6 Å². The van der Waals surface area contributed by atoms with Gasteiger partial charge >= 0.3 is 43.7 Å². The summed E-state index contributed by atoms with van der Waals surface area (Å²) in [6.07, 6.45) is 1.96. The summed E-state index contributed by atoms with van der Waals surface area (Å²) >= 11 is 4.06. The second-order valence-electron chi connectivity index (χ2n) is 2.43. The standard InChI is InChI=1S/C6H10O2S.2Li.2H/c1-5(7)8-6(4-9)2-3-6;;;;/h9H,2-4H2,1H3;;;;/q;2*+1;2*-1. The second-order valence-corrected chi connectivity index (χ2v) is 2.75. The molecule has 0 unspecified atom stereocenters. The maximum atomic E-state index is 10.4. The Morgan fingerprint density at radius 2 is 2.09 bits per heavy atom. The van der Waals surface area contributed by atoms with E-state index in [-0.39, 0.29) is 52.1 Å². The first kappa shape index (κ1) is 14.5. The van der Waals surface area contributed by atoms with Crippen molar-refractivity contribution in [3.63, 3.8) is 0 Å². The van der Waals surface area contributed by atoms with E-state index in [0.717, 1.165) is 12.8 Å². The number of rotatable bonds is 2. The first-order chi connectivity index (χ1) is 4.18. The van der Waals surface area contributed by atoms with E-state index in [1.165, 1.54) is 6.92 Å². The molecular weight excluding hydrogens is 150 g/mol. The van der Waals surface area contributed by atoms with E-state index in [9.17, 15) is 4.79 Å². The van der Waals surface area contributed by atoms with Gasteiger partial charge in [-0.3, -0.25) is 4.79 Å². The summed E-state index contributed by atoms with van der Waals surface area (Å²) in [4.78, 5) is 10.4. The summed E-state index contributed by atoms with van der Waals surface area (Å²) < 4.78 is 4.98. The van der Waals surface area contributed by atoms with E-state index in [1.807, 2.05) is 0 Å². The molecule has 1 rings (SSSR count). The van der Waals surface area contributed by atoms with Crippen LogP contribution in [0.15, 0.2) is 0 Å². The van der Waals surface area contributed by atoms with Gasteiger partial charge in [0.1, 0.15) is 5.60 Å². The third-order valence-electron chi connectivity index (χ3n) is 1.46. The molecule has 1 aliphatic carbocycles. The Balaban J connectivity index is -0.000000101. The van der Waals surface area contributed by atoms with Crippen molar-refractivity contribution < 1.29 is 50.1 Å². The summed E-state index contributed by atoms with van der Waals surface area (Å²) in [5, 5.41) is 0. The van der Waals surface area contributed by atoms with Gasteiger partial charge in [0.2, 0.25) is 0 Å². The number of hydrogen-bond donors (Lipinski definition) is 1. The Morgan fingerprint density at radius 1 is 1.64 bits per heavy atom. The van der Waals surface area contributed by atoms with Gasteiger partial charge < -0.3 is 7.59 Å². The van der Waals surface area contributed by atoms with Crippen LogP contribution in [-0.2, 0) is 9.53 Å². The van der Waals surface area contributed by atoms with Gasteiger partial charge in [-0.15, -0.1) is 0 Å². The van der Waals surface area contributed by atoms with E-state index in [2.05, 4.69) is 12.6 Å².